The third kappa shape index (κ3) is 5.12. The van der Waals surface area contributed by atoms with Gasteiger partial charge in [0.15, 0.2) is 0 Å². The topological polar surface area (TPSA) is 72.4 Å². The molecule has 2 aromatic rings. The van der Waals surface area contributed by atoms with E-state index in [9.17, 15) is 8.42 Å². The highest BCUT2D eigenvalue weighted by molar-refractivity contribution is 7.88. The van der Waals surface area contributed by atoms with Crippen LogP contribution in [0.25, 0.3) is 0 Å². The van der Waals surface area contributed by atoms with Crippen LogP contribution >= 0.6 is 0 Å². The lowest BCUT2D eigenvalue weighted by atomic mass is 9.93. The lowest BCUT2D eigenvalue weighted by Crippen LogP contribution is -2.40. The number of piperidine rings is 1. The molecule has 0 aliphatic carbocycles. The average molecular weight is 390 g/mol. The predicted octanol–water partition coefficient (Wildman–Crippen LogP) is 3.03. The van der Waals surface area contributed by atoms with Crippen LogP contribution in [0.5, 0.6) is 0 Å². The fourth-order valence-electron chi connectivity index (χ4n) is 3.48. The van der Waals surface area contributed by atoms with Gasteiger partial charge in [0.05, 0.1) is 18.1 Å². The first-order valence-corrected chi connectivity index (χ1v) is 11.0. The van der Waals surface area contributed by atoms with Crippen molar-refractivity contribution in [2.24, 2.45) is 0 Å². The molecule has 27 heavy (non-hydrogen) atoms. The molecule has 0 saturated carbocycles. The van der Waals surface area contributed by atoms with Crippen molar-refractivity contribution < 1.29 is 13.2 Å². The Kier molecular flexibility index (Phi) is 6.57. The van der Waals surface area contributed by atoms with E-state index in [0.29, 0.717) is 32.1 Å². The molecule has 0 N–H and O–H groups in total. The summed E-state index contributed by atoms with van der Waals surface area (Å²) in [5.74, 6) is 0.811. The van der Waals surface area contributed by atoms with Crippen molar-refractivity contribution in [3.63, 3.8) is 0 Å². The molecule has 7 heteroatoms. The first-order valence-electron chi connectivity index (χ1n) is 9.41. The summed E-state index contributed by atoms with van der Waals surface area (Å²) in [6, 6.07) is 9.34. The number of ether oxygens (including phenoxy) is 1. The van der Waals surface area contributed by atoms with Crippen LogP contribution in [-0.4, -0.2) is 42.4 Å². The minimum atomic E-state index is -3.36. The van der Waals surface area contributed by atoms with Gasteiger partial charge in [0.2, 0.25) is 10.0 Å². The SMILES string of the molecule is CCOCc1cnc(C)nc1C1CCCN(S(=O)(=O)Cc2ccccc2)C1. The van der Waals surface area contributed by atoms with Crippen LogP contribution in [0.2, 0.25) is 0 Å². The number of aryl methyl sites for hydroxylation is 1. The van der Waals surface area contributed by atoms with E-state index in [1.54, 1.807) is 4.31 Å². The summed E-state index contributed by atoms with van der Waals surface area (Å²) in [5.41, 5.74) is 2.69. The van der Waals surface area contributed by atoms with Crippen molar-refractivity contribution in [3.8, 4) is 0 Å². The van der Waals surface area contributed by atoms with Gasteiger partial charge >= 0.3 is 0 Å². The molecule has 1 fully saturated rings. The van der Waals surface area contributed by atoms with Crippen LogP contribution < -0.4 is 0 Å². The second kappa shape index (κ2) is 8.91. The Morgan fingerprint density at radius 2 is 2.04 bits per heavy atom. The number of benzene rings is 1. The molecule has 1 unspecified atom stereocenters. The van der Waals surface area contributed by atoms with Crippen molar-refractivity contribution in [1.29, 1.82) is 0 Å². The molecule has 1 atom stereocenters. The van der Waals surface area contributed by atoms with Crippen molar-refractivity contribution in [2.45, 2.75) is 45.0 Å². The number of hydrogen-bond donors (Lipinski definition) is 0. The summed E-state index contributed by atoms with van der Waals surface area (Å²) >= 11 is 0. The number of sulfonamides is 1. The molecular weight excluding hydrogens is 362 g/mol. The molecule has 1 saturated heterocycles. The van der Waals surface area contributed by atoms with Crippen molar-refractivity contribution in [3.05, 3.63) is 59.2 Å². The largest absolute Gasteiger partial charge is 0.377 e. The van der Waals surface area contributed by atoms with E-state index < -0.39 is 10.0 Å². The minimum absolute atomic E-state index is 0.0369. The van der Waals surface area contributed by atoms with E-state index in [4.69, 9.17) is 4.74 Å². The van der Waals surface area contributed by atoms with Gasteiger partial charge in [-0.1, -0.05) is 30.3 Å². The Morgan fingerprint density at radius 3 is 2.78 bits per heavy atom. The third-order valence-corrected chi connectivity index (χ3v) is 6.65. The molecule has 1 aliphatic heterocycles. The van der Waals surface area contributed by atoms with Gasteiger partial charge < -0.3 is 4.74 Å². The van der Waals surface area contributed by atoms with Crippen LogP contribution in [0.1, 0.15) is 48.3 Å². The summed E-state index contributed by atoms with van der Waals surface area (Å²) in [4.78, 5) is 8.93. The van der Waals surface area contributed by atoms with Crippen LogP contribution in [-0.2, 0) is 27.1 Å². The minimum Gasteiger partial charge on any atom is -0.377 e. The van der Waals surface area contributed by atoms with Crippen molar-refractivity contribution in [2.75, 3.05) is 19.7 Å². The fraction of sp³-hybridized carbons (Fsp3) is 0.500. The quantitative estimate of drug-likeness (QED) is 0.728. The summed E-state index contributed by atoms with van der Waals surface area (Å²) < 4.78 is 33.0. The highest BCUT2D eigenvalue weighted by Crippen LogP contribution is 2.30. The summed E-state index contributed by atoms with van der Waals surface area (Å²) in [6.07, 6.45) is 3.56. The number of hydrogen-bond acceptors (Lipinski definition) is 5. The summed E-state index contributed by atoms with van der Waals surface area (Å²) in [7, 11) is -3.36. The number of rotatable bonds is 7. The molecule has 0 amide bonds. The van der Waals surface area contributed by atoms with E-state index in [2.05, 4.69) is 9.97 Å². The monoisotopic (exact) mass is 389 g/mol. The van der Waals surface area contributed by atoms with Gasteiger partial charge in [0.1, 0.15) is 5.82 Å². The summed E-state index contributed by atoms with van der Waals surface area (Å²) in [5, 5.41) is 0. The molecule has 1 aromatic carbocycles. The third-order valence-electron chi connectivity index (χ3n) is 4.84. The van der Waals surface area contributed by atoms with Crippen molar-refractivity contribution >= 4 is 10.0 Å². The molecule has 6 nitrogen and oxygen atoms in total. The molecule has 0 bridgehead atoms. The van der Waals surface area contributed by atoms with Crippen LogP contribution in [0.15, 0.2) is 36.5 Å². The first-order chi connectivity index (χ1) is 13.0. The van der Waals surface area contributed by atoms with E-state index in [1.807, 2.05) is 50.4 Å². The van der Waals surface area contributed by atoms with E-state index in [0.717, 1.165) is 29.7 Å². The normalized spacial score (nSPS) is 18.5. The molecule has 3 rings (SSSR count). The predicted molar refractivity (Wildman–Crippen MR) is 105 cm³/mol. The maximum atomic E-state index is 12.9. The molecule has 146 valence electrons. The van der Waals surface area contributed by atoms with Crippen LogP contribution in [0.4, 0.5) is 0 Å². The molecule has 0 radical (unpaired) electrons. The van der Waals surface area contributed by atoms with E-state index in [1.165, 1.54) is 0 Å². The second-order valence-corrected chi connectivity index (χ2v) is 8.87. The standard InChI is InChI=1S/C20H27N3O3S/c1-3-26-14-19-12-21-16(2)22-20(19)18-10-7-11-23(13-18)27(24,25)15-17-8-5-4-6-9-17/h4-6,8-9,12,18H,3,7,10-11,13-15H2,1-2H3. The molecular formula is C20H27N3O3S. The Labute approximate surface area is 161 Å². The molecule has 0 spiro atoms. The number of aromatic nitrogens is 2. The maximum absolute atomic E-state index is 12.9. The molecule has 1 aromatic heterocycles. The van der Waals surface area contributed by atoms with Gasteiger partial charge in [-0.15, -0.1) is 0 Å². The van der Waals surface area contributed by atoms with Crippen LogP contribution in [0.3, 0.4) is 0 Å². The Bertz CT molecular complexity index is 856. The summed E-state index contributed by atoms with van der Waals surface area (Å²) in [6.45, 7) is 5.92. The lowest BCUT2D eigenvalue weighted by molar-refractivity contribution is 0.132. The highest BCUT2D eigenvalue weighted by atomic mass is 32.2. The zero-order chi connectivity index (χ0) is 19.3. The average Bonchev–Trinajstić information content (AvgIpc) is 2.67. The second-order valence-electron chi connectivity index (χ2n) is 6.90. The van der Waals surface area contributed by atoms with Gasteiger partial charge in [0.25, 0.3) is 0 Å². The van der Waals surface area contributed by atoms with Gasteiger partial charge in [-0.3, -0.25) is 0 Å². The Balaban J connectivity index is 1.79. The van der Waals surface area contributed by atoms with Gasteiger partial charge in [-0.05, 0) is 32.3 Å². The number of nitrogens with zero attached hydrogens (tertiary/aromatic N) is 3. The van der Waals surface area contributed by atoms with Crippen LogP contribution in [0, 0.1) is 6.92 Å². The molecule has 2 heterocycles. The zero-order valence-corrected chi connectivity index (χ0v) is 16.8. The van der Waals surface area contributed by atoms with Gasteiger partial charge in [-0.2, -0.15) is 0 Å². The van der Waals surface area contributed by atoms with Crippen molar-refractivity contribution in [1.82, 2.24) is 14.3 Å². The Morgan fingerprint density at radius 1 is 1.26 bits per heavy atom. The zero-order valence-electron chi connectivity index (χ0n) is 16.0. The van der Waals surface area contributed by atoms with E-state index >= 15 is 0 Å². The smallest absolute Gasteiger partial charge is 0.218 e. The Hall–Kier alpha value is -1.83. The van der Waals surface area contributed by atoms with Gasteiger partial charge in [0, 0.05) is 37.4 Å². The van der Waals surface area contributed by atoms with E-state index in [-0.39, 0.29) is 11.7 Å². The maximum Gasteiger partial charge on any atom is 0.218 e. The molecule has 1 aliphatic rings. The first kappa shape index (κ1) is 19.9. The lowest BCUT2D eigenvalue weighted by Gasteiger charge is -2.32. The van der Waals surface area contributed by atoms with Gasteiger partial charge in [-0.25, -0.2) is 22.7 Å². The highest BCUT2D eigenvalue weighted by Gasteiger charge is 2.31. The fourth-order valence-corrected chi connectivity index (χ4v) is 5.09.